The summed E-state index contributed by atoms with van der Waals surface area (Å²) in [4.78, 5) is 14.1. The van der Waals surface area contributed by atoms with Gasteiger partial charge < -0.3 is 10.6 Å². The number of nitrogens with zero attached hydrogens (tertiary/aromatic N) is 3. The Balaban J connectivity index is 1.87. The van der Waals surface area contributed by atoms with Gasteiger partial charge in [-0.2, -0.15) is 5.10 Å². The van der Waals surface area contributed by atoms with Crippen LogP contribution in [0.5, 0.6) is 0 Å². The number of aryl methyl sites for hydroxylation is 1. The lowest BCUT2D eigenvalue weighted by Crippen LogP contribution is -2.54. The van der Waals surface area contributed by atoms with Crippen LogP contribution in [-0.4, -0.2) is 39.7 Å². The fraction of sp³-hybridized carbons (Fsp3) is 0.692. The first-order valence-electron chi connectivity index (χ1n) is 6.60. The number of nitrogens with two attached hydrogens (primary N) is 1. The third kappa shape index (κ3) is 3.48. The normalized spacial score (nSPS) is 22.5. The predicted octanol–water partition coefficient (Wildman–Crippen LogP) is 1.51. The molecular weight excluding hydrogens is 264 g/mol. The van der Waals surface area contributed by atoms with E-state index in [0.29, 0.717) is 18.0 Å². The third-order valence-electron chi connectivity index (χ3n) is 3.82. The van der Waals surface area contributed by atoms with Crippen LogP contribution >= 0.6 is 11.6 Å². The molecule has 106 valence electrons. The first-order chi connectivity index (χ1) is 8.88. The van der Waals surface area contributed by atoms with Crippen LogP contribution in [0.3, 0.4) is 0 Å². The van der Waals surface area contributed by atoms with Gasteiger partial charge in [-0.25, -0.2) is 0 Å². The van der Waals surface area contributed by atoms with Gasteiger partial charge >= 0.3 is 0 Å². The van der Waals surface area contributed by atoms with Gasteiger partial charge in [0.25, 0.3) is 0 Å². The quantitative estimate of drug-likeness (QED) is 0.915. The second kappa shape index (κ2) is 5.51. The molecule has 0 radical (unpaired) electrons. The number of piperidine rings is 1. The number of aromatic nitrogens is 2. The van der Waals surface area contributed by atoms with E-state index in [1.165, 1.54) is 0 Å². The van der Waals surface area contributed by atoms with E-state index in [9.17, 15) is 4.79 Å². The molecule has 1 aliphatic heterocycles. The minimum Gasteiger partial charge on any atom is -0.342 e. The predicted molar refractivity (Wildman–Crippen MR) is 74.8 cm³/mol. The van der Waals surface area contributed by atoms with Crippen molar-refractivity contribution in [3.05, 3.63) is 17.4 Å². The highest BCUT2D eigenvalue weighted by Gasteiger charge is 2.34. The van der Waals surface area contributed by atoms with Crippen LogP contribution in [-0.2, 0) is 11.3 Å². The first-order valence-corrected chi connectivity index (χ1v) is 6.97. The lowest BCUT2D eigenvalue weighted by atomic mass is 9.79. The molecule has 0 spiro atoms. The average molecular weight is 285 g/mol. The number of hydrogen-bond donors (Lipinski definition) is 1. The van der Waals surface area contributed by atoms with Crippen LogP contribution < -0.4 is 5.73 Å². The van der Waals surface area contributed by atoms with Crippen LogP contribution in [0.15, 0.2) is 12.4 Å². The van der Waals surface area contributed by atoms with Gasteiger partial charge in [-0.3, -0.25) is 9.48 Å². The summed E-state index contributed by atoms with van der Waals surface area (Å²) in [5.74, 6) is 0.159. The van der Waals surface area contributed by atoms with Crippen molar-refractivity contribution in [2.24, 2.45) is 11.1 Å². The highest BCUT2D eigenvalue weighted by molar-refractivity contribution is 6.30. The molecule has 2 heterocycles. The van der Waals surface area contributed by atoms with Crippen molar-refractivity contribution in [2.75, 3.05) is 13.1 Å². The van der Waals surface area contributed by atoms with Crippen molar-refractivity contribution in [1.82, 2.24) is 14.7 Å². The summed E-state index contributed by atoms with van der Waals surface area (Å²) in [7, 11) is 0. The summed E-state index contributed by atoms with van der Waals surface area (Å²) in [5, 5.41) is 4.66. The zero-order valence-electron chi connectivity index (χ0n) is 11.5. The second-order valence-corrected chi connectivity index (χ2v) is 6.31. The van der Waals surface area contributed by atoms with Gasteiger partial charge in [-0.15, -0.1) is 0 Å². The van der Waals surface area contributed by atoms with Crippen LogP contribution in [0.2, 0.25) is 5.02 Å². The van der Waals surface area contributed by atoms with E-state index in [1.807, 2.05) is 4.90 Å². The Morgan fingerprint density at radius 2 is 2.37 bits per heavy atom. The van der Waals surface area contributed by atoms with Crippen molar-refractivity contribution in [1.29, 1.82) is 0 Å². The summed E-state index contributed by atoms with van der Waals surface area (Å²) in [6.45, 7) is 6.28. The molecule has 1 amide bonds. The molecule has 2 N–H and O–H groups in total. The molecule has 0 bridgehead atoms. The molecule has 6 heteroatoms. The van der Waals surface area contributed by atoms with Gasteiger partial charge in [0, 0.05) is 38.3 Å². The zero-order valence-corrected chi connectivity index (χ0v) is 12.2. The van der Waals surface area contributed by atoms with Crippen molar-refractivity contribution < 1.29 is 4.79 Å². The smallest absolute Gasteiger partial charge is 0.224 e. The maximum atomic E-state index is 12.2. The van der Waals surface area contributed by atoms with Crippen molar-refractivity contribution in [3.8, 4) is 0 Å². The number of carbonyl (C=O) groups is 1. The van der Waals surface area contributed by atoms with Gasteiger partial charge in [0.15, 0.2) is 0 Å². The molecule has 19 heavy (non-hydrogen) atoms. The number of hydrogen-bond acceptors (Lipinski definition) is 3. The highest BCUT2D eigenvalue weighted by atomic mass is 35.5. The lowest BCUT2D eigenvalue weighted by Gasteiger charge is -2.42. The molecule has 0 saturated carbocycles. The zero-order chi connectivity index (χ0) is 14.0. The largest absolute Gasteiger partial charge is 0.342 e. The van der Waals surface area contributed by atoms with Crippen molar-refractivity contribution >= 4 is 17.5 Å². The van der Waals surface area contributed by atoms with E-state index in [2.05, 4.69) is 18.9 Å². The van der Waals surface area contributed by atoms with Crippen LogP contribution in [0.1, 0.15) is 26.7 Å². The Morgan fingerprint density at radius 3 is 2.95 bits per heavy atom. The summed E-state index contributed by atoms with van der Waals surface area (Å²) in [5.41, 5.74) is 6.06. The molecule has 1 aliphatic rings. The minimum absolute atomic E-state index is 0.0110. The van der Waals surface area contributed by atoms with E-state index < -0.39 is 0 Å². The lowest BCUT2D eigenvalue weighted by molar-refractivity contribution is -0.134. The number of carbonyl (C=O) groups excluding carboxylic acids is 1. The Kier molecular flexibility index (Phi) is 4.16. The molecular formula is C13H21ClN4O. The monoisotopic (exact) mass is 284 g/mol. The molecule has 2 rings (SSSR count). The Labute approximate surface area is 118 Å². The summed E-state index contributed by atoms with van der Waals surface area (Å²) < 4.78 is 1.70. The van der Waals surface area contributed by atoms with Crippen LogP contribution in [0, 0.1) is 5.41 Å². The van der Waals surface area contributed by atoms with E-state index in [4.69, 9.17) is 17.3 Å². The van der Waals surface area contributed by atoms with Gasteiger partial charge in [0.1, 0.15) is 0 Å². The minimum atomic E-state index is -0.0110. The third-order valence-corrected chi connectivity index (χ3v) is 4.02. The van der Waals surface area contributed by atoms with Gasteiger partial charge in [0.2, 0.25) is 5.91 Å². The molecule has 0 aliphatic carbocycles. The van der Waals surface area contributed by atoms with Crippen LogP contribution in [0.4, 0.5) is 0 Å². The van der Waals surface area contributed by atoms with E-state index in [1.54, 1.807) is 17.1 Å². The molecule has 1 atom stereocenters. The van der Waals surface area contributed by atoms with Crippen LogP contribution in [0.25, 0.3) is 0 Å². The Hall–Kier alpha value is -1.07. The Bertz CT molecular complexity index is 457. The van der Waals surface area contributed by atoms with E-state index in [-0.39, 0.29) is 17.4 Å². The molecule has 5 nitrogen and oxygen atoms in total. The van der Waals surface area contributed by atoms with Gasteiger partial charge in [0.05, 0.1) is 11.2 Å². The molecule has 1 unspecified atom stereocenters. The summed E-state index contributed by atoms with van der Waals surface area (Å²) >= 11 is 5.79. The topological polar surface area (TPSA) is 64.2 Å². The maximum absolute atomic E-state index is 12.2. The average Bonchev–Trinajstić information content (AvgIpc) is 2.75. The van der Waals surface area contributed by atoms with Gasteiger partial charge in [-0.1, -0.05) is 25.4 Å². The number of halogens is 1. The van der Waals surface area contributed by atoms with Crippen molar-refractivity contribution in [3.63, 3.8) is 0 Å². The van der Waals surface area contributed by atoms with E-state index >= 15 is 0 Å². The highest BCUT2D eigenvalue weighted by Crippen LogP contribution is 2.27. The van der Waals surface area contributed by atoms with Gasteiger partial charge in [-0.05, 0) is 11.8 Å². The molecule has 1 aromatic heterocycles. The molecule has 1 aromatic rings. The molecule has 1 saturated heterocycles. The number of rotatable bonds is 3. The van der Waals surface area contributed by atoms with E-state index in [0.717, 1.165) is 19.5 Å². The molecule has 1 fully saturated rings. The summed E-state index contributed by atoms with van der Waals surface area (Å²) in [6, 6.07) is 0.168. The maximum Gasteiger partial charge on any atom is 0.224 e. The molecule has 0 aromatic carbocycles. The second-order valence-electron chi connectivity index (χ2n) is 5.87. The SMILES string of the molecule is CC1(C)CN(C(=O)CCn2cc(Cl)cn2)CCC1N. The fourth-order valence-corrected chi connectivity index (χ4v) is 2.57. The summed E-state index contributed by atoms with van der Waals surface area (Å²) in [6.07, 6.45) is 4.62. The van der Waals surface area contributed by atoms with Crippen molar-refractivity contribution in [2.45, 2.75) is 39.3 Å². The first kappa shape index (κ1) is 14.3. The standard InChI is InChI=1S/C13H21ClN4O/c1-13(2)9-17(5-3-11(13)15)12(19)4-6-18-8-10(14)7-16-18/h7-8,11H,3-6,9,15H2,1-2H3. The Morgan fingerprint density at radius 1 is 1.63 bits per heavy atom. The number of amides is 1. The fourth-order valence-electron chi connectivity index (χ4n) is 2.42. The number of likely N-dealkylation sites (tertiary alicyclic amines) is 1.